The second-order valence-corrected chi connectivity index (χ2v) is 4.96. The lowest BCUT2D eigenvalue weighted by Crippen LogP contribution is -2.27. The van der Waals surface area contributed by atoms with E-state index in [9.17, 15) is 9.18 Å². The molecule has 2 aromatic rings. The molecule has 0 radical (unpaired) electrons. The molecule has 0 saturated carbocycles. The molecule has 0 aliphatic rings. The first kappa shape index (κ1) is 16.0. The van der Waals surface area contributed by atoms with E-state index in [0.29, 0.717) is 26.0 Å². The number of rotatable bonds is 7. The molecule has 116 valence electrons. The quantitative estimate of drug-likeness (QED) is 0.853. The van der Waals surface area contributed by atoms with Crippen LogP contribution in [-0.4, -0.2) is 19.1 Å². The number of hydrogen-bond donors (Lipinski definition) is 1. The fourth-order valence-corrected chi connectivity index (χ4v) is 2.16. The summed E-state index contributed by atoms with van der Waals surface area (Å²) in [7, 11) is 0. The van der Waals surface area contributed by atoms with Gasteiger partial charge in [0.25, 0.3) is 0 Å². The Morgan fingerprint density at radius 2 is 1.91 bits per heavy atom. The highest BCUT2D eigenvalue weighted by molar-refractivity contribution is 5.78. The minimum absolute atomic E-state index is 0.0300. The van der Waals surface area contributed by atoms with Crippen molar-refractivity contribution < 1.29 is 13.9 Å². The molecule has 2 aromatic carbocycles. The Balaban J connectivity index is 1.78. The topological polar surface area (TPSA) is 38.3 Å². The van der Waals surface area contributed by atoms with Crippen molar-refractivity contribution in [1.29, 1.82) is 0 Å². The number of ether oxygens (including phenoxy) is 1. The van der Waals surface area contributed by atoms with Crippen LogP contribution in [0.15, 0.2) is 48.5 Å². The largest absolute Gasteiger partial charge is 0.491 e. The molecule has 0 bridgehead atoms. The second kappa shape index (κ2) is 8.17. The van der Waals surface area contributed by atoms with Crippen molar-refractivity contribution in [1.82, 2.24) is 5.32 Å². The highest BCUT2D eigenvalue weighted by atomic mass is 19.1. The van der Waals surface area contributed by atoms with Gasteiger partial charge in [0.05, 0.1) is 13.0 Å². The van der Waals surface area contributed by atoms with E-state index < -0.39 is 0 Å². The molecule has 0 spiro atoms. The zero-order valence-corrected chi connectivity index (χ0v) is 12.6. The third-order valence-corrected chi connectivity index (χ3v) is 3.24. The number of nitrogens with one attached hydrogen (secondary N) is 1. The lowest BCUT2D eigenvalue weighted by atomic mass is 10.1. The average molecular weight is 301 g/mol. The summed E-state index contributed by atoms with van der Waals surface area (Å²) in [6, 6.07) is 14.5. The van der Waals surface area contributed by atoms with Crippen molar-refractivity contribution in [2.45, 2.75) is 19.8 Å². The molecule has 1 amide bonds. The van der Waals surface area contributed by atoms with Gasteiger partial charge in [-0.25, -0.2) is 4.39 Å². The Kier molecular flexibility index (Phi) is 5.95. The van der Waals surface area contributed by atoms with Crippen LogP contribution in [0.5, 0.6) is 5.75 Å². The van der Waals surface area contributed by atoms with Crippen LogP contribution in [0.2, 0.25) is 0 Å². The first-order valence-electron chi connectivity index (χ1n) is 7.41. The van der Waals surface area contributed by atoms with Gasteiger partial charge in [0.2, 0.25) is 5.91 Å². The first-order valence-corrected chi connectivity index (χ1v) is 7.41. The SMILES string of the molecule is CCOc1ccc(CCNC(=O)Cc2ccccc2)cc1F. The maximum absolute atomic E-state index is 13.7. The number of halogens is 1. The Morgan fingerprint density at radius 1 is 1.14 bits per heavy atom. The summed E-state index contributed by atoms with van der Waals surface area (Å²) in [4.78, 5) is 11.8. The third kappa shape index (κ3) is 4.88. The molecule has 0 heterocycles. The van der Waals surface area contributed by atoms with Crippen molar-refractivity contribution >= 4 is 5.91 Å². The van der Waals surface area contributed by atoms with E-state index in [-0.39, 0.29) is 17.5 Å². The Hall–Kier alpha value is -2.36. The maximum atomic E-state index is 13.7. The molecule has 3 nitrogen and oxygen atoms in total. The molecule has 0 fully saturated rings. The highest BCUT2D eigenvalue weighted by Crippen LogP contribution is 2.18. The summed E-state index contributed by atoms with van der Waals surface area (Å²) >= 11 is 0. The lowest BCUT2D eigenvalue weighted by Gasteiger charge is -2.08. The summed E-state index contributed by atoms with van der Waals surface area (Å²) in [5.74, 6) is -0.132. The van der Waals surface area contributed by atoms with Crippen molar-refractivity contribution in [2.24, 2.45) is 0 Å². The van der Waals surface area contributed by atoms with Gasteiger partial charge in [0, 0.05) is 6.54 Å². The molecule has 0 atom stereocenters. The number of benzene rings is 2. The van der Waals surface area contributed by atoms with Gasteiger partial charge in [-0.3, -0.25) is 4.79 Å². The van der Waals surface area contributed by atoms with Crippen molar-refractivity contribution in [3.05, 3.63) is 65.5 Å². The van der Waals surface area contributed by atoms with E-state index in [1.165, 1.54) is 6.07 Å². The molecule has 1 N–H and O–H groups in total. The van der Waals surface area contributed by atoms with Crippen LogP contribution in [0.1, 0.15) is 18.1 Å². The second-order valence-electron chi connectivity index (χ2n) is 4.96. The molecule has 0 aliphatic heterocycles. The fraction of sp³-hybridized carbons (Fsp3) is 0.278. The van der Waals surface area contributed by atoms with E-state index in [4.69, 9.17) is 4.74 Å². The van der Waals surface area contributed by atoms with E-state index in [2.05, 4.69) is 5.32 Å². The number of carbonyl (C=O) groups is 1. The van der Waals surface area contributed by atoms with Crippen molar-refractivity contribution in [2.75, 3.05) is 13.2 Å². The third-order valence-electron chi connectivity index (χ3n) is 3.24. The minimum atomic E-state index is -0.366. The van der Waals surface area contributed by atoms with Gasteiger partial charge >= 0.3 is 0 Å². The van der Waals surface area contributed by atoms with Gasteiger partial charge in [-0.15, -0.1) is 0 Å². The summed E-state index contributed by atoms with van der Waals surface area (Å²) in [6.07, 6.45) is 0.947. The normalized spacial score (nSPS) is 10.3. The van der Waals surface area contributed by atoms with Crippen LogP contribution >= 0.6 is 0 Å². The molecule has 0 aromatic heterocycles. The van der Waals surface area contributed by atoms with Gasteiger partial charge in [-0.2, -0.15) is 0 Å². The van der Waals surface area contributed by atoms with Crippen LogP contribution in [-0.2, 0) is 17.6 Å². The van der Waals surface area contributed by atoms with E-state index in [1.807, 2.05) is 43.3 Å². The van der Waals surface area contributed by atoms with E-state index >= 15 is 0 Å². The average Bonchev–Trinajstić information content (AvgIpc) is 2.51. The standard InChI is InChI=1S/C18H20FNO2/c1-2-22-17-9-8-15(12-16(17)19)10-11-20-18(21)13-14-6-4-3-5-7-14/h3-9,12H,2,10-11,13H2,1H3,(H,20,21). The maximum Gasteiger partial charge on any atom is 0.224 e. The van der Waals surface area contributed by atoms with Crippen LogP contribution in [0, 0.1) is 5.82 Å². The van der Waals surface area contributed by atoms with Crippen LogP contribution in [0.25, 0.3) is 0 Å². The number of amides is 1. The summed E-state index contributed by atoms with van der Waals surface area (Å²) in [6.45, 7) is 2.74. The summed E-state index contributed by atoms with van der Waals surface area (Å²) in [5, 5.41) is 2.85. The Bertz CT molecular complexity index is 614. The van der Waals surface area contributed by atoms with Gasteiger partial charge in [-0.1, -0.05) is 36.4 Å². The highest BCUT2D eigenvalue weighted by Gasteiger charge is 2.06. The first-order chi connectivity index (χ1) is 10.7. The molecule has 0 saturated heterocycles. The molecular formula is C18H20FNO2. The van der Waals surface area contributed by atoms with E-state index in [1.54, 1.807) is 6.07 Å². The van der Waals surface area contributed by atoms with Crippen LogP contribution in [0.3, 0.4) is 0 Å². The molecule has 2 rings (SSSR count). The molecule has 0 unspecified atom stereocenters. The molecule has 0 aliphatic carbocycles. The smallest absolute Gasteiger partial charge is 0.224 e. The van der Waals surface area contributed by atoms with Gasteiger partial charge in [0.15, 0.2) is 11.6 Å². The number of hydrogen-bond acceptors (Lipinski definition) is 2. The monoisotopic (exact) mass is 301 g/mol. The predicted octanol–water partition coefficient (Wildman–Crippen LogP) is 3.13. The molecular weight excluding hydrogens is 281 g/mol. The van der Waals surface area contributed by atoms with Crippen molar-refractivity contribution in [3.8, 4) is 5.75 Å². The minimum Gasteiger partial charge on any atom is -0.491 e. The Morgan fingerprint density at radius 3 is 2.59 bits per heavy atom. The molecule has 22 heavy (non-hydrogen) atoms. The van der Waals surface area contributed by atoms with Crippen molar-refractivity contribution in [3.63, 3.8) is 0 Å². The van der Waals surface area contributed by atoms with E-state index in [0.717, 1.165) is 11.1 Å². The predicted molar refractivity (Wildman–Crippen MR) is 84.4 cm³/mol. The lowest BCUT2D eigenvalue weighted by molar-refractivity contribution is -0.120. The molecule has 4 heteroatoms. The number of carbonyl (C=O) groups excluding carboxylic acids is 1. The van der Waals surface area contributed by atoms with Gasteiger partial charge < -0.3 is 10.1 Å². The summed E-state index contributed by atoms with van der Waals surface area (Å²) < 4.78 is 18.9. The van der Waals surface area contributed by atoms with Gasteiger partial charge in [0.1, 0.15) is 0 Å². The van der Waals surface area contributed by atoms with Crippen LogP contribution in [0.4, 0.5) is 4.39 Å². The zero-order valence-electron chi connectivity index (χ0n) is 12.6. The summed E-state index contributed by atoms with van der Waals surface area (Å²) in [5.41, 5.74) is 1.81. The van der Waals surface area contributed by atoms with Gasteiger partial charge in [-0.05, 0) is 36.6 Å². The zero-order chi connectivity index (χ0) is 15.8. The Labute approximate surface area is 130 Å². The fourth-order valence-electron chi connectivity index (χ4n) is 2.16. The van der Waals surface area contributed by atoms with Crippen LogP contribution < -0.4 is 10.1 Å².